The lowest BCUT2D eigenvalue weighted by atomic mass is 10.00. The van der Waals surface area contributed by atoms with Crippen LogP contribution >= 0.6 is 0 Å². The first kappa shape index (κ1) is 26.1. The molecule has 6 rings (SSSR count). The van der Waals surface area contributed by atoms with Gasteiger partial charge in [0.1, 0.15) is 18.5 Å². The summed E-state index contributed by atoms with van der Waals surface area (Å²) in [6.07, 6.45) is 5.22. The zero-order valence-corrected chi connectivity index (χ0v) is 22.7. The van der Waals surface area contributed by atoms with Gasteiger partial charge in [-0.2, -0.15) is 0 Å². The molecule has 8 heteroatoms. The van der Waals surface area contributed by atoms with Gasteiger partial charge < -0.3 is 28.6 Å². The lowest BCUT2D eigenvalue weighted by molar-refractivity contribution is -0.189. The second kappa shape index (κ2) is 11.5. The van der Waals surface area contributed by atoms with Crippen LogP contribution in [0.5, 0.6) is 5.75 Å². The largest absolute Gasteiger partial charge is 0.491 e. The van der Waals surface area contributed by atoms with Crippen LogP contribution in [0.2, 0.25) is 0 Å². The van der Waals surface area contributed by atoms with Gasteiger partial charge in [0.15, 0.2) is 0 Å². The number of anilines is 1. The molecule has 2 aliphatic rings. The minimum Gasteiger partial charge on any atom is -0.491 e. The Morgan fingerprint density at radius 2 is 1.68 bits per heavy atom. The van der Waals surface area contributed by atoms with E-state index in [0.29, 0.717) is 19.8 Å². The van der Waals surface area contributed by atoms with E-state index in [1.54, 1.807) is 19.4 Å². The molecule has 4 aromatic rings. The molecule has 0 N–H and O–H groups in total. The third kappa shape index (κ3) is 5.73. The predicted molar refractivity (Wildman–Crippen MR) is 153 cm³/mol. The number of ether oxygens (including phenoxy) is 3. The molecule has 8 nitrogen and oxygen atoms in total. The zero-order chi connectivity index (χ0) is 27.4. The second-order valence-electron chi connectivity index (χ2n) is 10.3. The average molecular weight is 539 g/mol. The van der Waals surface area contributed by atoms with E-state index in [0.717, 1.165) is 48.7 Å². The van der Waals surface area contributed by atoms with Crippen LogP contribution in [0.4, 0.5) is 5.69 Å². The monoisotopic (exact) mass is 538 g/mol. The Labute approximate surface area is 234 Å². The SMILES string of the molecule is CC(=O)N1CCN(c2ccc(OC[C@@H]3CO[C@](Cn4ccnc4)(c4ccc(-c5ccccc5)cc4)O3)cc2)CC1. The molecule has 0 radical (unpaired) electrons. The van der Waals surface area contributed by atoms with Crippen molar-refractivity contribution in [2.45, 2.75) is 25.4 Å². The molecular formula is C32H34N4O4. The number of aromatic nitrogens is 2. The smallest absolute Gasteiger partial charge is 0.219 e. The van der Waals surface area contributed by atoms with Crippen molar-refractivity contribution in [3.8, 4) is 16.9 Å². The number of rotatable bonds is 8. The van der Waals surface area contributed by atoms with Crippen LogP contribution in [-0.2, 0) is 26.6 Å². The topological polar surface area (TPSA) is 69.1 Å². The molecule has 0 aliphatic carbocycles. The molecule has 0 bridgehead atoms. The molecule has 1 amide bonds. The van der Waals surface area contributed by atoms with Crippen LogP contribution in [0.25, 0.3) is 11.1 Å². The maximum absolute atomic E-state index is 11.6. The molecule has 3 heterocycles. The fraction of sp³-hybridized carbons (Fsp3) is 0.312. The van der Waals surface area contributed by atoms with Gasteiger partial charge in [0.2, 0.25) is 11.7 Å². The highest BCUT2D eigenvalue weighted by Gasteiger charge is 2.44. The maximum atomic E-state index is 11.6. The van der Waals surface area contributed by atoms with Crippen LogP contribution in [0.1, 0.15) is 12.5 Å². The van der Waals surface area contributed by atoms with Gasteiger partial charge in [-0.15, -0.1) is 0 Å². The third-order valence-corrected chi connectivity index (χ3v) is 7.60. The van der Waals surface area contributed by atoms with Gasteiger partial charge >= 0.3 is 0 Å². The lowest BCUT2D eigenvalue weighted by Crippen LogP contribution is -2.48. The van der Waals surface area contributed by atoms with Gasteiger partial charge in [0.05, 0.1) is 19.5 Å². The highest BCUT2D eigenvalue weighted by molar-refractivity contribution is 5.73. The summed E-state index contributed by atoms with van der Waals surface area (Å²) in [7, 11) is 0. The molecule has 0 saturated carbocycles. The normalized spacial score (nSPS) is 21.0. The molecule has 206 valence electrons. The van der Waals surface area contributed by atoms with E-state index in [4.69, 9.17) is 14.2 Å². The molecule has 2 fully saturated rings. The average Bonchev–Trinajstić information content (AvgIpc) is 3.68. The van der Waals surface area contributed by atoms with E-state index in [2.05, 4.69) is 58.4 Å². The van der Waals surface area contributed by atoms with Crippen LogP contribution in [0.3, 0.4) is 0 Å². The first-order chi connectivity index (χ1) is 19.6. The second-order valence-corrected chi connectivity index (χ2v) is 10.3. The fourth-order valence-electron chi connectivity index (χ4n) is 5.36. The van der Waals surface area contributed by atoms with Crippen molar-refractivity contribution in [2.75, 3.05) is 44.3 Å². The summed E-state index contributed by atoms with van der Waals surface area (Å²) in [4.78, 5) is 20.0. The Morgan fingerprint density at radius 1 is 0.950 bits per heavy atom. The van der Waals surface area contributed by atoms with E-state index in [-0.39, 0.29) is 12.0 Å². The molecule has 2 saturated heterocycles. The number of carbonyl (C=O) groups excluding carboxylic acids is 1. The van der Waals surface area contributed by atoms with Crippen LogP contribution in [-0.4, -0.2) is 65.9 Å². The van der Waals surface area contributed by atoms with Crippen molar-refractivity contribution >= 4 is 11.6 Å². The first-order valence-electron chi connectivity index (χ1n) is 13.7. The number of piperazine rings is 1. The first-order valence-corrected chi connectivity index (χ1v) is 13.7. The third-order valence-electron chi connectivity index (χ3n) is 7.60. The van der Waals surface area contributed by atoms with Gasteiger partial charge in [-0.3, -0.25) is 4.79 Å². The number of hydrogen-bond acceptors (Lipinski definition) is 6. The van der Waals surface area contributed by atoms with E-state index < -0.39 is 5.79 Å². The Balaban J connectivity index is 1.10. The highest BCUT2D eigenvalue weighted by atomic mass is 16.8. The van der Waals surface area contributed by atoms with Gasteiger partial charge in [0, 0.05) is 56.7 Å². The summed E-state index contributed by atoms with van der Waals surface area (Å²) >= 11 is 0. The number of hydrogen-bond donors (Lipinski definition) is 0. The molecule has 3 aromatic carbocycles. The molecule has 2 atom stereocenters. The van der Waals surface area contributed by atoms with Crippen molar-refractivity contribution in [3.05, 3.63) is 103 Å². The number of amides is 1. The zero-order valence-electron chi connectivity index (χ0n) is 22.7. The molecule has 0 unspecified atom stereocenters. The number of benzene rings is 3. The Bertz CT molecular complexity index is 1390. The summed E-state index contributed by atoms with van der Waals surface area (Å²) in [6.45, 7) is 6.09. The van der Waals surface area contributed by atoms with Gasteiger partial charge in [-0.25, -0.2) is 4.98 Å². The molecule has 1 aromatic heterocycles. The predicted octanol–water partition coefficient (Wildman–Crippen LogP) is 4.57. The Morgan fingerprint density at radius 3 is 2.35 bits per heavy atom. The van der Waals surface area contributed by atoms with E-state index >= 15 is 0 Å². The minimum absolute atomic E-state index is 0.139. The van der Waals surface area contributed by atoms with Crippen LogP contribution < -0.4 is 9.64 Å². The van der Waals surface area contributed by atoms with E-state index in [9.17, 15) is 4.79 Å². The lowest BCUT2D eigenvalue weighted by Gasteiger charge is -2.35. The van der Waals surface area contributed by atoms with Crippen molar-refractivity contribution in [1.29, 1.82) is 0 Å². The van der Waals surface area contributed by atoms with E-state index in [1.165, 1.54) is 5.56 Å². The minimum atomic E-state index is -0.935. The summed E-state index contributed by atoms with van der Waals surface area (Å²) in [5.41, 5.74) is 4.40. The number of nitrogens with zero attached hydrogens (tertiary/aromatic N) is 4. The van der Waals surface area contributed by atoms with Crippen molar-refractivity contribution in [3.63, 3.8) is 0 Å². The van der Waals surface area contributed by atoms with Crippen LogP contribution in [0.15, 0.2) is 97.6 Å². The maximum Gasteiger partial charge on any atom is 0.219 e. The standard InChI is InChI=1S/C32H34N4O4/c1-25(37)35-17-19-36(20-18-35)29-11-13-30(14-12-29)38-21-31-22-39-32(40-31,23-34-16-15-33-24-34)28-9-7-27(8-10-28)26-5-3-2-4-6-26/h2-16,24,31H,17-23H2,1H3/t31-,32+/m1/s1. The summed E-state index contributed by atoms with van der Waals surface area (Å²) in [5, 5.41) is 0. The molecule has 40 heavy (non-hydrogen) atoms. The highest BCUT2D eigenvalue weighted by Crippen LogP contribution is 2.37. The Kier molecular flexibility index (Phi) is 7.53. The molecule has 0 spiro atoms. The number of carbonyl (C=O) groups is 1. The molecular weight excluding hydrogens is 504 g/mol. The van der Waals surface area contributed by atoms with Crippen molar-refractivity contribution in [1.82, 2.24) is 14.5 Å². The van der Waals surface area contributed by atoms with E-state index in [1.807, 2.05) is 46.0 Å². The van der Waals surface area contributed by atoms with Crippen molar-refractivity contribution < 1.29 is 19.0 Å². The van der Waals surface area contributed by atoms with Crippen LogP contribution in [0, 0.1) is 0 Å². The van der Waals surface area contributed by atoms with Gasteiger partial charge in [-0.05, 0) is 35.4 Å². The summed E-state index contributed by atoms with van der Waals surface area (Å²) in [5.74, 6) is -0.00989. The van der Waals surface area contributed by atoms with Crippen molar-refractivity contribution in [2.24, 2.45) is 0 Å². The number of imidazole rings is 1. The quantitative estimate of drug-likeness (QED) is 0.328. The summed E-state index contributed by atoms with van der Waals surface area (Å²) in [6, 6.07) is 26.8. The molecule has 2 aliphatic heterocycles. The Hall–Kier alpha value is -4.14. The van der Waals surface area contributed by atoms with Gasteiger partial charge in [0.25, 0.3) is 0 Å². The van der Waals surface area contributed by atoms with Gasteiger partial charge in [-0.1, -0.05) is 54.6 Å². The fourth-order valence-corrected chi connectivity index (χ4v) is 5.36. The summed E-state index contributed by atoms with van der Waals surface area (Å²) < 4.78 is 21.1.